The number of allylic oxidation sites excluding steroid dienone is 4. The normalized spacial score (nSPS) is 23.6. The minimum absolute atomic E-state index is 0. The molecule has 0 saturated heterocycles. The minimum Gasteiger partial charge on any atom is -0.358 e. The topological polar surface area (TPSA) is 0 Å². The quantitative estimate of drug-likeness (QED) is 0.309. The summed E-state index contributed by atoms with van der Waals surface area (Å²) in [5, 5.41) is 1.82. The number of benzene rings is 1. The monoisotopic (exact) mass is 457 g/mol. The third kappa shape index (κ3) is 4.84. The van der Waals surface area contributed by atoms with Crippen LogP contribution in [0.3, 0.4) is 0 Å². The first-order valence-electron chi connectivity index (χ1n) is 11.2. The van der Waals surface area contributed by atoms with Crippen LogP contribution in [0.4, 0.5) is 0 Å². The van der Waals surface area contributed by atoms with Crippen LogP contribution < -0.4 is 5.19 Å². The molecule has 2 aliphatic rings. The summed E-state index contributed by atoms with van der Waals surface area (Å²) in [6, 6.07) is 7.61. The molecule has 2 aliphatic carbocycles. The first kappa shape index (κ1) is 29.6. The summed E-state index contributed by atoms with van der Waals surface area (Å²) >= 11 is 0. The van der Waals surface area contributed by atoms with Crippen LogP contribution in [0.15, 0.2) is 34.9 Å². The summed E-state index contributed by atoms with van der Waals surface area (Å²) in [7, 11) is -1.85. The van der Waals surface area contributed by atoms with Crippen LogP contribution in [-0.2, 0) is 34.6 Å². The van der Waals surface area contributed by atoms with Crippen molar-refractivity contribution in [2.24, 2.45) is 0 Å². The molecule has 0 spiro atoms. The van der Waals surface area contributed by atoms with E-state index in [-0.39, 0.29) is 41.6 Å². The first-order valence-corrected chi connectivity index (χ1v) is 13.8. The molecule has 165 valence electrons. The van der Waals surface area contributed by atoms with Gasteiger partial charge in [0.05, 0.1) is 8.07 Å². The van der Waals surface area contributed by atoms with Crippen molar-refractivity contribution in [3.63, 3.8) is 0 Å². The molecule has 0 N–H and O–H groups in total. The molecule has 2 heteroatoms. The summed E-state index contributed by atoms with van der Waals surface area (Å²) in [6.45, 7) is 16.9. The molecule has 1 fully saturated rings. The fraction of sp³-hybridized carbons (Fsp3) is 0.571. The van der Waals surface area contributed by atoms with Crippen molar-refractivity contribution in [1.29, 1.82) is 0 Å². The molecule has 0 heterocycles. The molecule has 3 rings (SSSR count). The molecule has 1 aromatic carbocycles. The van der Waals surface area contributed by atoms with Crippen LogP contribution in [0.25, 0.3) is 0 Å². The average molecular weight is 458 g/mol. The van der Waals surface area contributed by atoms with Gasteiger partial charge in [0.2, 0.25) is 0 Å². The number of rotatable bonds is 5. The Bertz CT molecular complexity index is 747. The van der Waals surface area contributed by atoms with Crippen LogP contribution in [-0.4, -0.2) is 8.07 Å². The van der Waals surface area contributed by atoms with Gasteiger partial charge in [0.15, 0.2) is 0 Å². The Kier molecular flexibility index (Phi) is 11.3. The van der Waals surface area contributed by atoms with Crippen molar-refractivity contribution < 1.29 is 21.7 Å². The first-order chi connectivity index (χ1) is 12.8. The van der Waals surface area contributed by atoms with E-state index >= 15 is 0 Å². The van der Waals surface area contributed by atoms with Crippen molar-refractivity contribution in [3.05, 3.63) is 67.0 Å². The minimum atomic E-state index is -1.85. The Labute approximate surface area is 204 Å². The van der Waals surface area contributed by atoms with Gasteiger partial charge < -0.3 is 14.9 Å². The van der Waals surface area contributed by atoms with Gasteiger partial charge in [-0.05, 0) is 29.5 Å². The van der Waals surface area contributed by atoms with Crippen molar-refractivity contribution in [3.8, 4) is 0 Å². The largest absolute Gasteiger partial charge is 3.00 e. The maximum Gasteiger partial charge on any atom is 3.00 e. The summed E-state index contributed by atoms with van der Waals surface area (Å²) in [5.41, 5.74) is 8.41. The van der Waals surface area contributed by atoms with Crippen LogP contribution in [0.1, 0.15) is 84.8 Å². The Morgan fingerprint density at radius 3 is 1.83 bits per heavy atom. The fourth-order valence-corrected chi connectivity index (χ4v) is 11.6. The van der Waals surface area contributed by atoms with E-state index in [1.807, 2.05) is 0 Å². The van der Waals surface area contributed by atoms with Crippen LogP contribution in [0.2, 0.25) is 17.1 Å². The van der Waals surface area contributed by atoms with E-state index in [9.17, 15) is 0 Å². The van der Waals surface area contributed by atoms with Crippen molar-refractivity contribution in [2.75, 3.05) is 0 Å². The molecular formula is C28H45SiTi. The molecule has 0 amide bonds. The standard InChI is InChI=1S/C26H39Si.2CH3.Ti/c1-8-22-15-23(9-2)17-25(16-22)27(7,24-13-11-10-12-14-24)26(6)18-19(3)20(4)21(26)5;;;/h15-17,24H,8-14H2,1-7H3;2*1H3;/q3*-1;+3. The molecule has 0 bridgehead atoms. The van der Waals surface area contributed by atoms with E-state index in [2.05, 4.69) is 72.4 Å². The molecule has 0 aliphatic heterocycles. The van der Waals surface area contributed by atoms with Gasteiger partial charge in [0.25, 0.3) is 0 Å². The van der Waals surface area contributed by atoms with Crippen molar-refractivity contribution in [1.82, 2.24) is 0 Å². The van der Waals surface area contributed by atoms with E-state index in [4.69, 9.17) is 0 Å². The van der Waals surface area contributed by atoms with Crippen molar-refractivity contribution in [2.45, 2.75) is 104 Å². The SMILES string of the molecule is CCc1cc(CC)cc([Si](C)(C2CCCCC2)C2(C)[C-]=C(C)C(C)=C2C)c1.[CH3-].[CH3-].[Ti+3]. The molecule has 2 atom stereocenters. The predicted octanol–water partition coefficient (Wildman–Crippen LogP) is 8.19. The predicted molar refractivity (Wildman–Crippen MR) is 135 cm³/mol. The third-order valence-electron chi connectivity index (χ3n) is 8.24. The Hall–Kier alpha value is -0.369. The maximum atomic E-state index is 4.05. The molecule has 2 unspecified atom stereocenters. The van der Waals surface area contributed by atoms with Crippen LogP contribution in [0.5, 0.6) is 0 Å². The Balaban J connectivity index is 0.00000280. The molecule has 0 nitrogen and oxygen atoms in total. The molecule has 0 aromatic heterocycles. The Morgan fingerprint density at radius 2 is 1.43 bits per heavy atom. The number of hydrogen-bond acceptors (Lipinski definition) is 0. The summed E-state index contributed by atoms with van der Waals surface area (Å²) < 4.78 is 0. The maximum absolute atomic E-state index is 4.05. The zero-order valence-corrected chi connectivity index (χ0v) is 23.8. The van der Waals surface area contributed by atoms with Gasteiger partial charge >= 0.3 is 21.7 Å². The van der Waals surface area contributed by atoms with Gasteiger partial charge in [0, 0.05) is 0 Å². The molecule has 1 saturated carbocycles. The second kappa shape index (κ2) is 11.5. The summed E-state index contributed by atoms with van der Waals surface area (Å²) in [4.78, 5) is 0. The second-order valence-corrected chi connectivity index (χ2v) is 14.2. The number of aryl methyl sites for hydroxylation is 2. The zero-order chi connectivity index (χ0) is 19.8. The van der Waals surface area contributed by atoms with Gasteiger partial charge in [0.1, 0.15) is 0 Å². The van der Waals surface area contributed by atoms with Crippen molar-refractivity contribution >= 4 is 13.3 Å². The van der Waals surface area contributed by atoms with E-state index in [1.54, 1.807) is 10.8 Å². The summed E-state index contributed by atoms with van der Waals surface area (Å²) in [6.07, 6.45) is 13.4. The van der Waals surface area contributed by atoms with Crippen LogP contribution in [0, 0.1) is 20.9 Å². The van der Waals surface area contributed by atoms with Gasteiger partial charge in [-0.15, -0.1) is 6.92 Å². The third-order valence-corrected chi connectivity index (χ3v) is 14.5. The van der Waals surface area contributed by atoms with E-state index in [0.29, 0.717) is 0 Å². The second-order valence-electron chi connectivity index (χ2n) is 9.41. The molecule has 1 aromatic rings. The molecular weight excluding hydrogens is 412 g/mol. The van der Waals surface area contributed by atoms with Gasteiger partial charge in [-0.1, -0.05) is 102 Å². The van der Waals surface area contributed by atoms with E-state index < -0.39 is 8.07 Å². The van der Waals surface area contributed by atoms with E-state index in [0.717, 1.165) is 18.4 Å². The van der Waals surface area contributed by atoms with E-state index in [1.165, 1.54) is 54.4 Å². The molecule has 1 radical (unpaired) electrons. The Morgan fingerprint density at radius 1 is 0.933 bits per heavy atom. The number of hydrogen-bond donors (Lipinski definition) is 0. The molecule has 30 heavy (non-hydrogen) atoms. The van der Waals surface area contributed by atoms with Gasteiger partial charge in [-0.2, -0.15) is 11.1 Å². The summed E-state index contributed by atoms with van der Waals surface area (Å²) in [5.74, 6) is 0. The zero-order valence-electron chi connectivity index (χ0n) is 21.3. The smallest absolute Gasteiger partial charge is 0.358 e. The average Bonchev–Trinajstić information content (AvgIpc) is 2.91. The van der Waals surface area contributed by atoms with Gasteiger partial charge in [-0.3, -0.25) is 6.08 Å². The van der Waals surface area contributed by atoms with Gasteiger partial charge in [-0.25, -0.2) is 5.57 Å². The van der Waals surface area contributed by atoms with Crippen LogP contribution >= 0.6 is 0 Å². The fourth-order valence-electron chi connectivity index (χ4n) is 5.82.